The summed E-state index contributed by atoms with van der Waals surface area (Å²) >= 11 is 1.31. The molecule has 1 aliphatic rings. The number of anilines is 3. The van der Waals surface area contributed by atoms with Crippen molar-refractivity contribution in [3.63, 3.8) is 0 Å². The lowest BCUT2D eigenvalue weighted by Gasteiger charge is -2.16. The molecule has 0 radical (unpaired) electrons. The number of rotatable bonds is 8. The van der Waals surface area contributed by atoms with Crippen molar-refractivity contribution in [2.24, 2.45) is 5.92 Å². The number of aromatic nitrogens is 3. The molecule has 172 valence electrons. The van der Waals surface area contributed by atoms with Crippen LogP contribution in [0.25, 0.3) is 10.6 Å². The van der Waals surface area contributed by atoms with Gasteiger partial charge in [-0.2, -0.15) is 0 Å². The first-order valence-electron chi connectivity index (χ1n) is 11.6. The van der Waals surface area contributed by atoms with Gasteiger partial charge in [-0.15, -0.1) is 21.5 Å². The number of thiazole rings is 1. The Labute approximate surface area is 198 Å². The van der Waals surface area contributed by atoms with Crippen molar-refractivity contribution in [2.45, 2.75) is 25.9 Å². The number of nitrogens with one attached hydrogen (secondary N) is 3. The number of aliphatic hydroxyl groups excluding tert-OH is 1. The lowest BCUT2D eigenvalue weighted by Crippen LogP contribution is -2.22. The molecule has 2 aromatic heterocycles. The first kappa shape index (κ1) is 18.9. The Morgan fingerprint density at radius 3 is 2.79 bits per heavy atom. The second-order valence-corrected chi connectivity index (χ2v) is 8.53. The van der Waals surface area contributed by atoms with Gasteiger partial charge in [0.05, 0.1) is 35.0 Å². The standard InChI is InChI=1S/C22H24N6O4S/c1-11(29)16-10-24-22(33-16)13-5-4-6-14(19(13)32-3)25-15-9-17(26-20(30)12-7-8-12)27-28-18(15)21(31)23-2/h4-6,9-12,29H,7-8H2,1-3H3,(H,23,31)(H2,25,26,27,30)/i2D3. The lowest BCUT2D eigenvalue weighted by molar-refractivity contribution is -0.117. The molecule has 1 unspecified atom stereocenters. The molecule has 0 bridgehead atoms. The number of methoxy groups -OCH3 is 1. The molecular weight excluding hydrogens is 444 g/mol. The number of carbonyl (C=O) groups is 2. The molecule has 11 heteroatoms. The number of hydrogen-bond acceptors (Lipinski definition) is 9. The van der Waals surface area contributed by atoms with Gasteiger partial charge in [0, 0.05) is 29.3 Å². The molecule has 2 heterocycles. The number of ether oxygens (including phenoxy) is 1. The van der Waals surface area contributed by atoms with E-state index in [1.54, 1.807) is 31.3 Å². The fourth-order valence-corrected chi connectivity index (χ4v) is 4.00. The average molecular weight is 472 g/mol. The second-order valence-electron chi connectivity index (χ2n) is 7.46. The minimum absolute atomic E-state index is 0.0802. The van der Waals surface area contributed by atoms with Crippen molar-refractivity contribution in [1.82, 2.24) is 20.5 Å². The van der Waals surface area contributed by atoms with Gasteiger partial charge in [0.2, 0.25) is 5.91 Å². The minimum atomic E-state index is -2.74. The van der Waals surface area contributed by atoms with Crippen LogP contribution in [0.2, 0.25) is 0 Å². The van der Waals surface area contributed by atoms with E-state index in [-0.39, 0.29) is 29.0 Å². The molecule has 0 saturated heterocycles. The zero-order valence-electron chi connectivity index (χ0n) is 20.9. The SMILES string of the molecule is [2H]C([2H])([2H])NC(=O)c1nnc(NC(=O)C2CC2)cc1Nc1cccc(-c2ncc(C(C)O)s2)c1OC. The summed E-state index contributed by atoms with van der Waals surface area (Å²) in [6.45, 7) is -1.09. The molecule has 1 aliphatic carbocycles. The zero-order valence-corrected chi connectivity index (χ0v) is 18.7. The first-order chi connectivity index (χ1) is 17.1. The summed E-state index contributed by atoms with van der Waals surface area (Å²) in [5.41, 5.74) is 0.891. The van der Waals surface area contributed by atoms with Crippen molar-refractivity contribution in [3.05, 3.63) is 41.0 Å². The average Bonchev–Trinajstić information content (AvgIpc) is 3.54. The number of para-hydroxylation sites is 1. The van der Waals surface area contributed by atoms with Gasteiger partial charge in [0.1, 0.15) is 5.01 Å². The summed E-state index contributed by atoms with van der Waals surface area (Å²) in [4.78, 5) is 29.9. The number of aliphatic hydroxyl groups is 1. The third kappa shape index (κ3) is 4.94. The largest absolute Gasteiger partial charge is 0.494 e. The maximum Gasteiger partial charge on any atom is 0.273 e. The van der Waals surface area contributed by atoms with Gasteiger partial charge in [-0.1, -0.05) is 6.07 Å². The predicted octanol–water partition coefficient (Wildman–Crippen LogP) is 3.11. The van der Waals surface area contributed by atoms with E-state index >= 15 is 0 Å². The Morgan fingerprint density at radius 2 is 2.12 bits per heavy atom. The van der Waals surface area contributed by atoms with E-state index in [4.69, 9.17) is 8.85 Å². The Kier molecular flexibility index (Phi) is 5.46. The van der Waals surface area contributed by atoms with Crippen LogP contribution in [-0.2, 0) is 4.79 Å². The number of nitrogens with zero attached hydrogens (tertiary/aromatic N) is 3. The van der Waals surface area contributed by atoms with Crippen LogP contribution in [0.1, 0.15) is 45.3 Å². The summed E-state index contributed by atoms with van der Waals surface area (Å²) in [7, 11) is 1.47. The van der Waals surface area contributed by atoms with Crippen molar-refractivity contribution in [1.29, 1.82) is 0 Å². The number of benzene rings is 1. The molecule has 33 heavy (non-hydrogen) atoms. The monoisotopic (exact) mass is 471 g/mol. The van der Waals surface area contributed by atoms with Crippen molar-refractivity contribution >= 4 is 40.3 Å². The van der Waals surface area contributed by atoms with Gasteiger partial charge < -0.3 is 25.8 Å². The van der Waals surface area contributed by atoms with Crippen LogP contribution in [0.15, 0.2) is 30.5 Å². The summed E-state index contributed by atoms with van der Waals surface area (Å²) in [6, 6.07) is 6.64. The van der Waals surface area contributed by atoms with E-state index in [9.17, 15) is 14.7 Å². The van der Waals surface area contributed by atoms with Crippen molar-refractivity contribution in [3.8, 4) is 16.3 Å². The molecule has 1 saturated carbocycles. The Bertz CT molecular complexity index is 1290. The van der Waals surface area contributed by atoms with E-state index in [2.05, 4.69) is 25.8 Å². The third-order valence-corrected chi connectivity index (χ3v) is 6.18. The molecule has 3 aromatic rings. The van der Waals surface area contributed by atoms with Crippen LogP contribution in [0, 0.1) is 5.92 Å². The molecule has 2 amide bonds. The van der Waals surface area contributed by atoms with E-state index in [0.717, 1.165) is 12.8 Å². The van der Waals surface area contributed by atoms with Crippen LogP contribution < -0.4 is 20.7 Å². The first-order valence-corrected chi connectivity index (χ1v) is 11.0. The molecule has 1 aromatic carbocycles. The van der Waals surface area contributed by atoms with Crippen LogP contribution in [0.5, 0.6) is 5.75 Å². The summed E-state index contributed by atoms with van der Waals surface area (Å²) in [6.07, 6.45) is 2.50. The molecular formula is C22H24N6O4S. The second kappa shape index (κ2) is 9.51. The molecule has 1 atom stereocenters. The smallest absolute Gasteiger partial charge is 0.273 e. The van der Waals surface area contributed by atoms with E-state index in [0.29, 0.717) is 26.9 Å². The van der Waals surface area contributed by atoms with Gasteiger partial charge in [0.15, 0.2) is 17.3 Å². The highest BCUT2D eigenvalue weighted by atomic mass is 32.1. The molecule has 0 spiro atoms. The highest BCUT2D eigenvalue weighted by molar-refractivity contribution is 7.15. The molecule has 10 nitrogen and oxygen atoms in total. The van der Waals surface area contributed by atoms with Gasteiger partial charge in [-0.25, -0.2) is 4.98 Å². The van der Waals surface area contributed by atoms with E-state index in [1.807, 2.05) is 5.32 Å². The molecule has 4 rings (SSSR count). The topological polar surface area (TPSA) is 138 Å². The molecule has 0 aliphatic heterocycles. The van der Waals surface area contributed by atoms with Crippen LogP contribution in [0.4, 0.5) is 17.2 Å². The highest BCUT2D eigenvalue weighted by Gasteiger charge is 2.30. The van der Waals surface area contributed by atoms with Crippen LogP contribution in [-0.4, -0.2) is 46.2 Å². The molecule has 4 N–H and O–H groups in total. The highest BCUT2D eigenvalue weighted by Crippen LogP contribution is 2.40. The maximum absolute atomic E-state index is 12.7. The number of amides is 2. The van der Waals surface area contributed by atoms with Crippen LogP contribution >= 0.6 is 11.3 Å². The molecule has 1 fully saturated rings. The third-order valence-electron chi connectivity index (χ3n) is 4.98. The number of hydrogen-bond donors (Lipinski definition) is 4. The predicted molar refractivity (Wildman–Crippen MR) is 125 cm³/mol. The van der Waals surface area contributed by atoms with E-state index in [1.165, 1.54) is 24.5 Å². The van der Waals surface area contributed by atoms with Crippen LogP contribution in [0.3, 0.4) is 0 Å². The van der Waals surface area contributed by atoms with Gasteiger partial charge in [-0.3, -0.25) is 9.59 Å². The quantitative estimate of drug-likeness (QED) is 0.393. The Balaban J connectivity index is 1.72. The maximum atomic E-state index is 12.7. The Morgan fingerprint density at radius 1 is 1.30 bits per heavy atom. The zero-order chi connectivity index (χ0) is 26.0. The van der Waals surface area contributed by atoms with Gasteiger partial charge >= 0.3 is 0 Å². The summed E-state index contributed by atoms with van der Waals surface area (Å²) in [5.74, 6) is -0.750. The van der Waals surface area contributed by atoms with E-state index < -0.39 is 19.0 Å². The normalized spacial score (nSPS) is 15.5. The van der Waals surface area contributed by atoms with Crippen molar-refractivity contribution in [2.75, 3.05) is 24.7 Å². The minimum Gasteiger partial charge on any atom is -0.494 e. The van der Waals surface area contributed by atoms with Gasteiger partial charge in [0.25, 0.3) is 5.91 Å². The summed E-state index contributed by atoms with van der Waals surface area (Å²) in [5, 5.41) is 25.8. The summed E-state index contributed by atoms with van der Waals surface area (Å²) < 4.78 is 27.7. The lowest BCUT2D eigenvalue weighted by atomic mass is 10.1. The Hall–Kier alpha value is -3.57. The van der Waals surface area contributed by atoms with Gasteiger partial charge in [-0.05, 0) is 31.9 Å². The fraction of sp³-hybridized carbons (Fsp3) is 0.318. The number of carbonyl (C=O) groups excluding carboxylic acids is 2. The van der Waals surface area contributed by atoms with Crippen molar-refractivity contribution < 1.29 is 23.5 Å². The fourth-order valence-electron chi connectivity index (χ4n) is 3.12.